The number of aromatic nitrogens is 5. The van der Waals surface area contributed by atoms with Crippen LogP contribution < -0.4 is 0 Å². The minimum absolute atomic E-state index is 0.644. The van der Waals surface area contributed by atoms with Gasteiger partial charge < -0.3 is 0 Å². The van der Waals surface area contributed by atoms with Gasteiger partial charge in [0.05, 0.1) is 5.69 Å². The van der Waals surface area contributed by atoms with Gasteiger partial charge in [0.1, 0.15) is 5.01 Å². The first-order valence-corrected chi connectivity index (χ1v) is 10.7. The Bertz CT molecular complexity index is 1090. The number of hydrogen-bond donors (Lipinski definition) is 0. The molecule has 0 aliphatic carbocycles. The van der Waals surface area contributed by atoms with Crippen LogP contribution >= 0.6 is 23.1 Å². The Kier molecular flexibility index (Phi) is 5.64. The molecule has 0 bridgehead atoms. The van der Waals surface area contributed by atoms with Crippen LogP contribution in [-0.4, -0.2) is 24.7 Å². The second-order valence-corrected chi connectivity index (χ2v) is 8.05. The SMILES string of the molecule is C=CCn1c(SCc2csc(-c3cccc(C)c3)n2)nnc1-c1cccnc1. The second-order valence-electron chi connectivity index (χ2n) is 6.25. The third-order valence-corrected chi connectivity index (χ3v) is 6.05. The van der Waals surface area contributed by atoms with Crippen LogP contribution in [0.1, 0.15) is 11.3 Å². The van der Waals surface area contributed by atoms with Gasteiger partial charge in [-0.05, 0) is 25.1 Å². The molecule has 140 valence electrons. The van der Waals surface area contributed by atoms with Crippen LogP contribution in [0.2, 0.25) is 0 Å². The van der Waals surface area contributed by atoms with Crippen LogP contribution in [-0.2, 0) is 12.3 Å². The van der Waals surface area contributed by atoms with Gasteiger partial charge in [-0.1, -0.05) is 41.6 Å². The van der Waals surface area contributed by atoms with Crippen molar-refractivity contribution in [3.05, 3.63) is 78.1 Å². The van der Waals surface area contributed by atoms with E-state index in [4.69, 9.17) is 4.98 Å². The van der Waals surface area contributed by atoms with E-state index in [0.717, 1.165) is 38.6 Å². The van der Waals surface area contributed by atoms with Crippen molar-refractivity contribution < 1.29 is 0 Å². The number of rotatable bonds is 7. The molecule has 3 heterocycles. The molecule has 5 nitrogen and oxygen atoms in total. The summed E-state index contributed by atoms with van der Waals surface area (Å²) in [4.78, 5) is 8.97. The summed E-state index contributed by atoms with van der Waals surface area (Å²) in [6.45, 7) is 6.60. The first-order chi connectivity index (χ1) is 13.7. The summed E-state index contributed by atoms with van der Waals surface area (Å²) in [7, 11) is 0. The van der Waals surface area contributed by atoms with Gasteiger partial charge in [0.2, 0.25) is 0 Å². The number of aryl methyl sites for hydroxylation is 1. The minimum atomic E-state index is 0.644. The molecule has 0 amide bonds. The van der Waals surface area contributed by atoms with Crippen LogP contribution in [0.3, 0.4) is 0 Å². The highest BCUT2D eigenvalue weighted by Crippen LogP contribution is 2.29. The smallest absolute Gasteiger partial charge is 0.192 e. The minimum Gasteiger partial charge on any atom is -0.298 e. The molecule has 0 aliphatic rings. The maximum absolute atomic E-state index is 4.79. The molecule has 0 N–H and O–H groups in total. The van der Waals surface area contributed by atoms with Gasteiger partial charge in [0.25, 0.3) is 0 Å². The van der Waals surface area contributed by atoms with Crippen LogP contribution in [0, 0.1) is 6.92 Å². The van der Waals surface area contributed by atoms with Gasteiger partial charge in [0, 0.05) is 41.2 Å². The highest BCUT2D eigenvalue weighted by Gasteiger charge is 2.14. The summed E-state index contributed by atoms with van der Waals surface area (Å²) >= 11 is 3.30. The lowest BCUT2D eigenvalue weighted by Gasteiger charge is -2.06. The quantitative estimate of drug-likeness (QED) is 0.310. The largest absolute Gasteiger partial charge is 0.298 e. The standard InChI is InChI=1S/C21H19N5S2/c1-3-10-26-19(17-8-5-9-22-12-17)24-25-21(26)28-14-18-13-27-20(23-18)16-7-4-6-15(2)11-16/h3-9,11-13H,1,10,14H2,2H3. The number of benzene rings is 1. The van der Waals surface area contributed by atoms with E-state index in [1.807, 2.05) is 18.2 Å². The molecule has 0 saturated heterocycles. The Morgan fingerprint density at radius 3 is 2.86 bits per heavy atom. The van der Waals surface area contributed by atoms with Gasteiger partial charge >= 0.3 is 0 Å². The van der Waals surface area contributed by atoms with E-state index < -0.39 is 0 Å². The molecule has 0 spiro atoms. The maximum Gasteiger partial charge on any atom is 0.192 e. The molecule has 0 unspecified atom stereocenters. The van der Waals surface area contributed by atoms with Gasteiger partial charge in [-0.2, -0.15) is 0 Å². The Morgan fingerprint density at radius 2 is 2.07 bits per heavy atom. The van der Waals surface area contributed by atoms with Crippen molar-refractivity contribution in [2.75, 3.05) is 0 Å². The number of thioether (sulfide) groups is 1. The first-order valence-electron chi connectivity index (χ1n) is 8.83. The zero-order valence-electron chi connectivity index (χ0n) is 15.4. The van der Waals surface area contributed by atoms with E-state index in [1.54, 1.807) is 35.5 Å². The summed E-state index contributed by atoms with van der Waals surface area (Å²) in [6.07, 6.45) is 5.40. The topological polar surface area (TPSA) is 56.5 Å². The van der Waals surface area contributed by atoms with Gasteiger partial charge in [-0.15, -0.1) is 28.1 Å². The number of thiazole rings is 1. The fraction of sp³-hybridized carbons (Fsp3) is 0.143. The van der Waals surface area contributed by atoms with Crippen molar-refractivity contribution >= 4 is 23.1 Å². The zero-order chi connectivity index (χ0) is 19.3. The van der Waals surface area contributed by atoms with Crippen molar-refractivity contribution in [3.8, 4) is 22.0 Å². The van der Waals surface area contributed by atoms with Crippen molar-refractivity contribution in [2.45, 2.75) is 24.4 Å². The fourth-order valence-electron chi connectivity index (χ4n) is 2.82. The molecule has 4 rings (SSSR count). The predicted octanol–water partition coefficient (Wildman–Crippen LogP) is 5.25. The van der Waals surface area contributed by atoms with Crippen LogP contribution in [0.15, 0.2) is 72.0 Å². The summed E-state index contributed by atoms with van der Waals surface area (Å²) in [5, 5.41) is 12.8. The van der Waals surface area contributed by atoms with E-state index >= 15 is 0 Å². The molecule has 4 aromatic rings. The summed E-state index contributed by atoms with van der Waals surface area (Å²) in [6, 6.07) is 12.3. The predicted molar refractivity (Wildman–Crippen MR) is 115 cm³/mol. The lowest BCUT2D eigenvalue weighted by molar-refractivity contribution is 0.730. The average molecular weight is 406 g/mol. The van der Waals surface area contributed by atoms with E-state index in [2.05, 4.69) is 62.9 Å². The molecule has 7 heteroatoms. The molecule has 1 aromatic carbocycles. The second kappa shape index (κ2) is 8.50. The lowest BCUT2D eigenvalue weighted by Crippen LogP contribution is -2.01. The number of pyridine rings is 1. The van der Waals surface area contributed by atoms with Crippen molar-refractivity contribution in [2.24, 2.45) is 0 Å². The number of nitrogens with zero attached hydrogens (tertiary/aromatic N) is 5. The van der Waals surface area contributed by atoms with Crippen LogP contribution in [0.4, 0.5) is 0 Å². The van der Waals surface area contributed by atoms with E-state index in [0.29, 0.717) is 6.54 Å². The van der Waals surface area contributed by atoms with E-state index in [1.165, 1.54) is 5.56 Å². The highest BCUT2D eigenvalue weighted by molar-refractivity contribution is 7.98. The average Bonchev–Trinajstić information content (AvgIpc) is 3.35. The Balaban J connectivity index is 1.53. The Labute approximate surface area is 172 Å². The van der Waals surface area contributed by atoms with Crippen molar-refractivity contribution in [3.63, 3.8) is 0 Å². The molecule has 0 radical (unpaired) electrons. The van der Waals surface area contributed by atoms with E-state index in [9.17, 15) is 0 Å². The Morgan fingerprint density at radius 1 is 1.18 bits per heavy atom. The Hall–Kier alpha value is -2.77. The summed E-state index contributed by atoms with van der Waals surface area (Å²) in [5.74, 6) is 1.54. The molecular formula is C21H19N5S2. The van der Waals surface area contributed by atoms with Gasteiger partial charge in [0.15, 0.2) is 11.0 Å². The third kappa shape index (κ3) is 4.05. The van der Waals surface area contributed by atoms with Gasteiger partial charge in [-0.25, -0.2) is 4.98 Å². The third-order valence-electron chi connectivity index (χ3n) is 4.11. The molecule has 0 fully saturated rings. The summed E-state index contributed by atoms with van der Waals surface area (Å²) in [5.41, 5.74) is 4.39. The molecule has 0 aliphatic heterocycles. The van der Waals surface area contributed by atoms with Gasteiger partial charge in [-0.3, -0.25) is 9.55 Å². The fourth-order valence-corrected chi connectivity index (χ4v) is 4.58. The molecule has 0 atom stereocenters. The lowest BCUT2D eigenvalue weighted by atomic mass is 10.1. The number of allylic oxidation sites excluding steroid dienone is 1. The normalized spacial score (nSPS) is 10.9. The molecular weight excluding hydrogens is 386 g/mol. The van der Waals surface area contributed by atoms with E-state index in [-0.39, 0.29) is 0 Å². The monoisotopic (exact) mass is 405 g/mol. The van der Waals surface area contributed by atoms with Crippen molar-refractivity contribution in [1.29, 1.82) is 0 Å². The molecule has 3 aromatic heterocycles. The number of hydrogen-bond acceptors (Lipinski definition) is 6. The first kappa shape index (κ1) is 18.6. The maximum atomic E-state index is 4.79. The highest BCUT2D eigenvalue weighted by atomic mass is 32.2. The zero-order valence-corrected chi connectivity index (χ0v) is 17.1. The van der Waals surface area contributed by atoms with Crippen LogP contribution in [0.5, 0.6) is 0 Å². The van der Waals surface area contributed by atoms with Crippen molar-refractivity contribution in [1.82, 2.24) is 24.7 Å². The van der Waals surface area contributed by atoms with Crippen LogP contribution in [0.25, 0.3) is 22.0 Å². The molecule has 0 saturated carbocycles. The molecule has 28 heavy (non-hydrogen) atoms. The summed E-state index contributed by atoms with van der Waals surface area (Å²) < 4.78 is 2.06.